The smallest absolute Gasteiger partial charge is 0.266 e. The van der Waals surface area contributed by atoms with Crippen LogP contribution >= 0.6 is 51.5 Å². The van der Waals surface area contributed by atoms with Crippen LogP contribution in [0.2, 0.25) is 5.02 Å². The van der Waals surface area contributed by atoms with E-state index >= 15 is 0 Å². The fraction of sp³-hybridized carbons (Fsp3) is 0.100. The number of nitrogens with zero attached hydrogens (tertiary/aromatic N) is 1. The van der Waals surface area contributed by atoms with Crippen molar-refractivity contribution in [3.05, 3.63) is 80.6 Å². The van der Waals surface area contributed by atoms with Crippen molar-refractivity contribution >= 4 is 67.8 Å². The van der Waals surface area contributed by atoms with Crippen LogP contribution in [-0.2, 0) is 11.4 Å². The highest BCUT2D eigenvalue weighted by molar-refractivity contribution is 9.10. The molecule has 0 aliphatic carbocycles. The highest BCUT2D eigenvalue weighted by Gasteiger charge is 2.31. The Kier molecular flexibility index (Phi) is 6.76. The first kappa shape index (κ1) is 20.1. The van der Waals surface area contributed by atoms with Gasteiger partial charge in [-0.3, -0.25) is 9.69 Å². The second-order valence-corrected chi connectivity index (χ2v) is 8.64. The number of carbonyl (C=O) groups excluding carboxylic acids is 1. The van der Waals surface area contributed by atoms with Crippen LogP contribution in [0.4, 0.5) is 0 Å². The van der Waals surface area contributed by atoms with Gasteiger partial charge in [0, 0.05) is 27.2 Å². The molecular formula is C20H15BrClNO2S2. The normalized spacial score (nSPS) is 15.5. The maximum Gasteiger partial charge on any atom is 0.266 e. The van der Waals surface area contributed by atoms with E-state index in [9.17, 15) is 4.79 Å². The van der Waals surface area contributed by atoms with Crippen LogP contribution in [0.15, 0.2) is 64.5 Å². The molecule has 1 aliphatic rings. The zero-order chi connectivity index (χ0) is 19.4. The lowest BCUT2D eigenvalue weighted by molar-refractivity contribution is -0.121. The SMILES string of the molecule is C=CCN1C(=O)C(=Cc2cc(Br)ccc2OCc2ccccc2Cl)SC1=S. The minimum absolute atomic E-state index is 0.123. The van der Waals surface area contributed by atoms with E-state index in [0.717, 1.165) is 15.6 Å². The molecule has 7 heteroatoms. The number of hydrogen-bond acceptors (Lipinski definition) is 4. The van der Waals surface area contributed by atoms with Crippen molar-refractivity contribution in [2.75, 3.05) is 6.54 Å². The number of hydrogen-bond donors (Lipinski definition) is 0. The Morgan fingerprint density at radius 2 is 2.07 bits per heavy atom. The summed E-state index contributed by atoms with van der Waals surface area (Å²) in [6, 6.07) is 13.2. The van der Waals surface area contributed by atoms with Crippen molar-refractivity contribution in [2.24, 2.45) is 0 Å². The van der Waals surface area contributed by atoms with Crippen molar-refractivity contribution in [3.8, 4) is 5.75 Å². The molecule has 1 aliphatic heterocycles. The third-order valence-corrected chi connectivity index (χ3v) is 6.02. The van der Waals surface area contributed by atoms with Crippen LogP contribution in [0.25, 0.3) is 6.08 Å². The highest BCUT2D eigenvalue weighted by atomic mass is 79.9. The Morgan fingerprint density at radius 3 is 2.81 bits per heavy atom. The van der Waals surface area contributed by atoms with Gasteiger partial charge in [0.15, 0.2) is 0 Å². The van der Waals surface area contributed by atoms with Gasteiger partial charge in [-0.15, -0.1) is 6.58 Å². The van der Waals surface area contributed by atoms with Gasteiger partial charge in [0.25, 0.3) is 5.91 Å². The maximum atomic E-state index is 12.6. The Balaban J connectivity index is 1.86. The summed E-state index contributed by atoms with van der Waals surface area (Å²) in [5.74, 6) is 0.536. The number of thiocarbonyl (C=S) groups is 1. The monoisotopic (exact) mass is 479 g/mol. The summed E-state index contributed by atoms with van der Waals surface area (Å²) in [6.45, 7) is 4.40. The van der Waals surface area contributed by atoms with E-state index in [-0.39, 0.29) is 5.91 Å². The Morgan fingerprint density at radius 1 is 1.30 bits per heavy atom. The number of carbonyl (C=O) groups is 1. The zero-order valence-electron chi connectivity index (χ0n) is 14.2. The average Bonchev–Trinajstić information content (AvgIpc) is 2.90. The van der Waals surface area contributed by atoms with Crippen LogP contribution < -0.4 is 4.74 Å². The fourth-order valence-electron chi connectivity index (χ4n) is 2.46. The molecule has 3 rings (SSSR count). The fourth-order valence-corrected chi connectivity index (χ4v) is 4.30. The minimum atomic E-state index is -0.123. The van der Waals surface area contributed by atoms with Crippen LogP contribution in [0.1, 0.15) is 11.1 Å². The van der Waals surface area contributed by atoms with Gasteiger partial charge in [-0.1, -0.05) is 75.8 Å². The molecule has 1 amide bonds. The lowest BCUT2D eigenvalue weighted by Gasteiger charge is -2.12. The summed E-state index contributed by atoms with van der Waals surface area (Å²) in [5, 5.41) is 0.654. The first-order valence-corrected chi connectivity index (χ1v) is 10.4. The van der Waals surface area contributed by atoms with E-state index in [1.54, 1.807) is 12.2 Å². The summed E-state index contributed by atoms with van der Waals surface area (Å²) in [7, 11) is 0. The lowest BCUT2D eigenvalue weighted by atomic mass is 10.1. The van der Waals surface area contributed by atoms with Gasteiger partial charge in [-0.05, 0) is 30.3 Å². The molecule has 0 atom stereocenters. The predicted octanol–water partition coefficient (Wildman–Crippen LogP) is 6.07. The van der Waals surface area contributed by atoms with E-state index in [0.29, 0.717) is 33.1 Å². The summed E-state index contributed by atoms with van der Waals surface area (Å²) in [6.07, 6.45) is 3.46. The molecule has 0 saturated carbocycles. The molecule has 1 saturated heterocycles. The first-order chi connectivity index (χ1) is 13.0. The second kappa shape index (κ2) is 9.06. The minimum Gasteiger partial charge on any atom is -0.488 e. The second-order valence-electron chi connectivity index (χ2n) is 5.64. The van der Waals surface area contributed by atoms with E-state index < -0.39 is 0 Å². The van der Waals surface area contributed by atoms with E-state index in [1.165, 1.54) is 16.7 Å². The molecule has 3 nitrogen and oxygen atoms in total. The van der Waals surface area contributed by atoms with Gasteiger partial charge >= 0.3 is 0 Å². The van der Waals surface area contributed by atoms with Crippen molar-refractivity contribution < 1.29 is 9.53 Å². The van der Waals surface area contributed by atoms with E-state index in [2.05, 4.69) is 22.5 Å². The molecule has 0 unspecified atom stereocenters. The number of rotatable bonds is 6. The molecule has 0 N–H and O–H groups in total. The van der Waals surface area contributed by atoms with Gasteiger partial charge in [0.05, 0.1) is 4.91 Å². The van der Waals surface area contributed by atoms with Crippen LogP contribution in [0.5, 0.6) is 5.75 Å². The molecule has 27 heavy (non-hydrogen) atoms. The van der Waals surface area contributed by atoms with E-state index in [1.807, 2.05) is 42.5 Å². The van der Waals surface area contributed by atoms with Gasteiger partial charge in [0.1, 0.15) is 16.7 Å². The molecule has 0 radical (unpaired) electrons. The van der Waals surface area contributed by atoms with E-state index in [4.69, 9.17) is 28.6 Å². The molecule has 0 aromatic heterocycles. The maximum absolute atomic E-state index is 12.6. The molecule has 138 valence electrons. The van der Waals surface area contributed by atoms with Crippen LogP contribution in [-0.4, -0.2) is 21.7 Å². The van der Waals surface area contributed by atoms with Crippen molar-refractivity contribution in [3.63, 3.8) is 0 Å². The van der Waals surface area contributed by atoms with Crippen molar-refractivity contribution in [2.45, 2.75) is 6.61 Å². The summed E-state index contributed by atoms with van der Waals surface area (Å²) < 4.78 is 7.39. The third kappa shape index (κ3) is 4.82. The number of halogens is 2. The first-order valence-electron chi connectivity index (χ1n) is 8.01. The van der Waals surface area contributed by atoms with Crippen LogP contribution in [0.3, 0.4) is 0 Å². The standard InChI is InChI=1S/C20H15BrClNO2S2/c1-2-9-23-19(24)18(27-20(23)26)11-14-10-15(21)7-8-17(14)25-12-13-5-3-4-6-16(13)22/h2-8,10-11H,1,9,12H2. The molecule has 0 spiro atoms. The topological polar surface area (TPSA) is 29.5 Å². The van der Waals surface area contributed by atoms with Crippen molar-refractivity contribution in [1.29, 1.82) is 0 Å². The molecule has 0 bridgehead atoms. The number of amides is 1. The zero-order valence-corrected chi connectivity index (χ0v) is 18.1. The van der Waals surface area contributed by atoms with Crippen molar-refractivity contribution in [1.82, 2.24) is 4.90 Å². The number of thioether (sulfide) groups is 1. The molecule has 1 fully saturated rings. The average molecular weight is 481 g/mol. The molecule has 2 aromatic rings. The summed E-state index contributed by atoms with van der Waals surface area (Å²) in [5.41, 5.74) is 1.68. The Labute approximate surface area is 181 Å². The lowest BCUT2D eigenvalue weighted by Crippen LogP contribution is -2.27. The number of ether oxygens (including phenoxy) is 1. The summed E-state index contributed by atoms with van der Waals surface area (Å²) in [4.78, 5) is 14.6. The quantitative estimate of drug-likeness (QED) is 0.285. The molecule has 1 heterocycles. The van der Waals surface area contributed by atoms with Gasteiger partial charge in [0.2, 0.25) is 0 Å². The summed E-state index contributed by atoms with van der Waals surface area (Å²) >= 11 is 16.2. The highest BCUT2D eigenvalue weighted by Crippen LogP contribution is 2.35. The Hall–Kier alpha value is -1.60. The molecule has 2 aromatic carbocycles. The van der Waals surface area contributed by atoms with Gasteiger partial charge in [-0.25, -0.2) is 0 Å². The third-order valence-electron chi connectivity index (χ3n) is 3.78. The van der Waals surface area contributed by atoms with Gasteiger partial charge in [-0.2, -0.15) is 0 Å². The number of benzene rings is 2. The van der Waals surface area contributed by atoms with Crippen LogP contribution in [0, 0.1) is 0 Å². The largest absolute Gasteiger partial charge is 0.488 e. The Bertz CT molecular complexity index is 945. The van der Waals surface area contributed by atoms with Gasteiger partial charge < -0.3 is 4.74 Å². The molecular weight excluding hydrogens is 466 g/mol. The predicted molar refractivity (Wildman–Crippen MR) is 120 cm³/mol.